The first-order valence-electron chi connectivity index (χ1n) is 9.99. The number of nitrogens with zero attached hydrogens (tertiary/aromatic N) is 1. The van der Waals surface area contributed by atoms with Gasteiger partial charge in [-0.3, -0.25) is 4.79 Å². The fourth-order valence-corrected chi connectivity index (χ4v) is 3.47. The second-order valence-corrected chi connectivity index (χ2v) is 7.51. The van der Waals surface area contributed by atoms with Crippen LogP contribution in [0.3, 0.4) is 0 Å². The average molecular weight is 448 g/mol. The minimum Gasteiger partial charge on any atom is -0.497 e. The summed E-state index contributed by atoms with van der Waals surface area (Å²) >= 11 is 5.94. The minimum absolute atomic E-state index is 0.191. The second-order valence-electron chi connectivity index (χ2n) is 7.07. The second kappa shape index (κ2) is 9.58. The van der Waals surface area contributed by atoms with Crippen molar-refractivity contribution in [3.63, 3.8) is 0 Å². The van der Waals surface area contributed by atoms with E-state index in [1.165, 1.54) is 0 Å². The Morgan fingerprint density at radius 2 is 1.75 bits per heavy atom. The van der Waals surface area contributed by atoms with Crippen molar-refractivity contribution in [2.75, 3.05) is 19.5 Å². The van der Waals surface area contributed by atoms with Gasteiger partial charge in [-0.25, -0.2) is 4.98 Å². The van der Waals surface area contributed by atoms with Crippen molar-refractivity contribution in [1.82, 2.24) is 10.3 Å². The summed E-state index contributed by atoms with van der Waals surface area (Å²) in [6.07, 6.45) is 0. The Morgan fingerprint density at radius 1 is 0.969 bits per heavy atom. The van der Waals surface area contributed by atoms with Crippen molar-refractivity contribution >= 4 is 39.9 Å². The predicted molar refractivity (Wildman–Crippen MR) is 127 cm³/mol. The number of para-hydroxylation sites is 1. The number of anilines is 2. The van der Waals surface area contributed by atoms with E-state index in [1.807, 2.05) is 48.5 Å². The maximum atomic E-state index is 13.1. The minimum atomic E-state index is -0.191. The van der Waals surface area contributed by atoms with E-state index in [2.05, 4.69) is 15.6 Å². The maximum absolute atomic E-state index is 13.1. The molecule has 0 saturated carbocycles. The smallest absolute Gasteiger partial charge is 0.252 e. The predicted octanol–water partition coefficient (Wildman–Crippen LogP) is 5.58. The van der Waals surface area contributed by atoms with Gasteiger partial charge in [-0.2, -0.15) is 0 Å². The SMILES string of the molecule is COc1ccc(Nc2cc(C(=O)NCc3ccc(Cl)cc3)c3ccccc3n2)c(OC)c1. The number of pyridine rings is 1. The van der Waals surface area contributed by atoms with Crippen LogP contribution in [0, 0.1) is 0 Å². The van der Waals surface area contributed by atoms with Crippen molar-refractivity contribution in [2.24, 2.45) is 0 Å². The fourth-order valence-electron chi connectivity index (χ4n) is 3.35. The van der Waals surface area contributed by atoms with Gasteiger partial charge in [0.05, 0.1) is 31.0 Å². The number of methoxy groups -OCH3 is 2. The highest BCUT2D eigenvalue weighted by molar-refractivity contribution is 6.30. The molecule has 0 atom stereocenters. The number of aromatic nitrogens is 1. The Hall–Kier alpha value is -3.77. The number of fused-ring (bicyclic) bond motifs is 1. The Balaban J connectivity index is 1.64. The lowest BCUT2D eigenvalue weighted by Crippen LogP contribution is -2.23. The molecule has 0 radical (unpaired) electrons. The number of nitrogens with one attached hydrogen (secondary N) is 2. The van der Waals surface area contributed by atoms with Crippen LogP contribution in [0.25, 0.3) is 10.9 Å². The largest absolute Gasteiger partial charge is 0.497 e. The van der Waals surface area contributed by atoms with Gasteiger partial charge in [0, 0.05) is 23.0 Å². The van der Waals surface area contributed by atoms with E-state index < -0.39 is 0 Å². The standard InChI is InChI=1S/C25H22ClN3O3/c1-31-18-11-12-22(23(13-18)32-2)29-24-14-20(19-5-3-4-6-21(19)28-24)25(30)27-15-16-7-9-17(26)10-8-16/h3-14H,15H2,1-2H3,(H,27,30)(H,28,29). The van der Waals surface area contributed by atoms with Crippen LogP contribution in [-0.2, 0) is 6.54 Å². The molecule has 7 heteroatoms. The molecule has 0 aliphatic heterocycles. The fraction of sp³-hybridized carbons (Fsp3) is 0.120. The van der Waals surface area contributed by atoms with Crippen LogP contribution in [0.1, 0.15) is 15.9 Å². The van der Waals surface area contributed by atoms with Gasteiger partial charge in [0.1, 0.15) is 17.3 Å². The third-order valence-electron chi connectivity index (χ3n) is 5.00. The van der Waals surface area contributed by atoms with E-state index in [0.29, 0.717) is 45.7 Å². The molecule has 0 unspecified atom stereocenters. The van der Waals surface area contributed by atoms with E-state index in [4.69, 9.17) is 21.1 Å². The first kappa shape index (κ1) is 21.5. The number of rotatable bonds is 7. The summed E-state index contributed by atoms with van der Waals surface area (Å²) in [5.74, 6) is 1.63. The molecule has 3 aromatic carbocycles. The third kappa shape index (κ3) is 4.76. The van der Waals surface area contributed by atoms with E-state index in [-0.39, 0.29) is 5.91 Å². The highest BCUT2D eigenvalue weighted by Crippen LogP contribution is 2.32. The van der Waals surface area contributed by atoms with Gasteiger partial charge in [-0.05, 0) is 42.0 Å². The molecular formula is C25H22ClN3O3. The average Bonchev–Trinajstić information content (AvgIpc) is 2.83. The van der Waals surface area contributed by atoms with Gasteiger partial charge in [-0.1, -0.05) is 41.9 Å². The first-order chi connectivity index (χ1) is 15.6. The molecular weight excluding hydrogens is 426 g/mol. The molecule has 0 spiro atoms. The van der Waals surface area contributed by atoms with Crippen LogP contribution in [0.2, 0.25) is 5.02 Å². The number of carbonyl (C=O) groups is 1. The molecule has 4 aromatic rings. The molecule has 1 aromatic heterocycles. The lowest BCUT2D eigenvalue weighted by atomic mass is 10.1. The molecule has 0 aliphatic carbocycles. The summed E-state index contributed by atoms with van der Waals surface area (Å²) in [7, 11) is 3.19. The van der Waals surface area contributed by atoms with E-state index >= 15 is 0 Å². The molecule has 2 N–H and O–H groups in total. The van der Waals surface area contributed by atoms with Crippen molar-refractivity contribution < 1.29 is 14.3 Å². The summed E-state index contributed by atoms with van der Waals surface area (Å²) in [4.78, 5) is 17.7. The summed E-state index contributed by atoms with van der Waals surface area (Å²) in [5, 5.41) is 7.66. The molecule has 4 rings (SSSR count). The summed E-state index contributed by atoms with van der Waals surface area (Å²) in [6, 6.07) is 22.1. The van der Waals surface area contributed by atoms with Crippen LogP contribution in [0.5, 0.6) is 11.5 Å². The first-order valence-corrected chi connectivity index (χ1v) is 10.4. The molecule has 0 bridgehead atoms. The van der Waals surface area contributed by atoms with Gasteiger partial charge in [-0.15, -0.1) is 0 Å². The van der Waals surface area contributed by atoms with Crippen LogP contribution in [0.4, 0.5) is 11.5 Å². The van der Waals surface area contributed by atoms with Crippen LogP contribution in [0.15, 0.2) is 72.8 Å². The Kier molecular flexibility index (Phi) is 6.42. The topological polar surface area (TPSA) is 72.5 Å². The number of hydrogen-bond acceptors (Lipinski definition) is 5. The molecule has 0 saturated heterocycles. The van der Waals surface area contributed by atoms with Crippen molar-refractivity contribution in [3.05, 3.63) is 88.9 Å². The molecule has 162 valence electrons. The zero-order valence-electron chi connectivity index (χ0n) is 17.7. The molecule has 1 amide bonds. The normalized spacial score (nSPS) is 10.6. The lowest BCUT2D eigenvalue weighted by molar-refractivity contribution is 0.0952. The maximum Gasteiger partial charge on any atom is 0.252 e. The Morgan fingerprint density at radius 3 is 2.50 bits per heavy atom. The summed E-state index contributed by atoms with van der Waals surface area (Å²) in [5.41, 5.74) is 2.91. The molecule has 1 heterocycles. The van der Waals surface area contributed by atoms with Gasteiger partial charge in [0.15, 0.2) is 0 Å². The van der Waals surface area contributed by atoms with Gasteiger partial charge in [0.25, 0.3) is 5.91 Å². The number of amides is 1. The zero-order valence-corrected chi connectivity index (χ0v) is 18.4. The van der Waals surface area contributed by atoms with Crippen molar-refractivity contribution in [1.29, 1.82) is 0 Å². The van der Waals surface area contributed by atoms with Crippen LogP contribution in [-0.4, -0.2) is 25.1 Å². The summed E-state index contributed by atoms with van der Waals surface area (Å²) in [6.45, 7) is 0.391. The lowest BCUT2D eigenvalue weighted by Gasteiger charge is -2.14. The van der Waals surface area contributed by atoms with Gasteiger partial charge >= 0.3 is 0 Å². The van der Waals surface area contributed by atoms with E-state index in [0.717, 1.165) is 10.9 Å². The molecule has 6 nitrogen and oxygen atoms in total. The highest BCUT2D eigenvalue weighted by atomic mass is 35.5. The Bertz CT molecular complexity index is 1260. The van der Waals surface area contributed by atoms with Crippen molar-refractivity contribution in [2.45, 2.75) is 6.54 Å². The van der Waals surface area contributed by atoms with Gasteiger partial charge < -0.3 is 20.1 Å². The summed E-state index contributed by atoms with van der Waals surface area (Å²) < 4.78 is 10.7. The number of benzene rings is 3. The van der Waals surface area contributed by atoms with Gasteiger partial charge in [0.2, 0.25) is 0 Å². The quantitative estimate of drug-likeness (QED) is 0.387. The number of hydrogen-bond donors (Lipinski definition) is 2. The monoisotopic (exact) mass is 447 g/mol. The van der Waals surface area contributed by atoms with Crippen LogP contribution >= 0.6 is 11.6 Å². The molecule has 32 heavy (non-hydrogen) atoms. The van der Waals surface area contributed by atoms with E-state index in [9.17, 15) is 4.79 Å². The molecule has 0 aliphatic rings. The highest BCUT2D eigenvalue weighted by Gasteiger charge is 2.14. The number of carbonyl (C=O) groups excluding carboxylic acids is 1. The Labute approximate surface area is 191 Å². The van der Waals surface area contributed by atoms with E-state index in [1.54, 1.807) is 38.5 Å². The zero-order chi connectivity index (χ0) is 22.5. The number of halogens is 1. The van der Waals surface area contributed by atoms with Crippen LogP contribution < -0.4 is 20.1 Å². The number of ether oxygens (including phenoxy) is 2. The third-order valence-corrected chi connectivity index (χ3v) is 5.25. The van der Waals surface area contributed by atoms with Crippen molar-refractivity contribution in [3.8, 4) is 11.5 Å². The molecule has 0 fully saturated rings.